The summed E-state index contributed by atoms with van der Waals surface area (Å²) >= 11 is 6.85. The molecule has 2 aromatic carbocycles. The lowest BCUT2D eigenvalue weighted by Gasteiger charge is -2.11. The molecule has 0 aliphatic rings. The SMILES string of the molecule is CCCCc1nc2ccc(Br)cc2c(=O)n1N=Cc1cc(Br)ccc1OCC(=O)OCC. The molecule has 9 heteroatoms. The molecule has 3 aromatic rings. The van der Waals surface area contributed by atoms with Crippen molar-refractivity contribution >= 4 is 54.9 Å². The van der Waals surface area contributed by atoms with Crippen LogP contribution in [0.4, 0.5) is 0 Å². The maximum Gasteiger partial charge on any atom is 0.344 e. The van der Waals surface area contributed by atoms with Crippen molar-refractivity contribution in [2.75, 3.05) is 13.2 Å². The zero-order valence-corrected chi connectivity index (χ0v) is 21.0. The number of unbranched alkanes of at least 4 members (excludes halogenated alkanes) is 1. The van der Waals surface area contributed by atoms with Crippen LogP contribution < -0.4 is 10.3 Å². The van der Waals surface area contributed by atoms with Gasteiger partial charge in [0, 0.05) is 20.9 Å². The molecule has 0 amide bonds. The van der Waals surface area contributed by atoms with E-state index in [9.17, 15) is 9.59 Å². The summed E-state index contributed by atoms with van der Waals surface area (Å²) in [6.45, 7) is 3.88. The first-order valence-corrected chi connectivity index (χ1v) is 11.8. The van der Waals surface area contributed by atoms with Gasteiger partial charge in [-0.05, 0) is 49.7 Å². The lowest BCUT2D eigenvalue weighted by molar-refractivity contribution is -0.145. The molecule has 32 heavy (non-hydrogen) atoms. The zero-order chi connectivity index (χ0) is 23.1. The summed E-state index contributed by atoms with van der Waals surface area (Å²) in [6.07, 6.45) is 4.01. The number of rotatable bonds is 9. The first-order valence-electron chi connectivity index (χ1n) is 10.3. The average molecular weight is 565 g/mol. The van der Waals surface area contributed by atoms with Gasteiger partial charge in [-0.2, -0.15) is 9.78 Å². The van der Waals surface area contributed by atoms with Gasteiger partial charge in [-0.15, -0.1) is 0 Å². The van der Waals surface area contributed by atoms with Gasteiger partial charge in [0.05, 0.1) is 23.7 Å². The van der Waals surface area contributed by atoms with Gasteiger partial charge in [0.1, 0.15) is 11.6 Å². The van der Waals surface area contributed by atoms with Crippen molar-refractivity contribution in [3.8, 4) is 5.75 Å². The Labute approximate surface area is 202 Å². The van der Waals surface area contributed by atoms with Gasteiger partial charge in [-0.25, -0.2) is 9.78 Å². The van der Waals surface area contributed by atoms with Crippen molar-refractivity contribution in [1.82, 2.24) is 9.66 Å². The summed E-state index contributed by atoms with van der Waals surface area (Å²) in [7, 11) is 0. The third-order valence-electron chi connectivity index (χ3n) is 4.56. The molecule has 168 valence electrons. The van der Waals surface area contributed by atoms with E-state index >= 15 is 0 Å². The van der Waals surface area contributed by atoms with Crippen molar-refractivity contribution in [3.05, 3.63) is 67.1 Å². The molecule has 0 atom stereocenters. The zero-order valence-electron chi connectivity index (χ0n) is 17.8. The standard InChI is InChI=1S/C23H23Br2N3O4/c1-3-5-6-21-27-19-9-7-17(25)12-18(19)23(30)28(21)26-13-15-11-16(24)8-10-20(15)32-14-22(29)31-4-2/h7-13H,3-6,14H2,1-2H3. The first-order chi connectivity index (χ1) is 15.4. The molecular weight excluding hydrogens is 542 g/mol. The van der Waals surface area contributed by atoms with Crippen molar-refractivity contribution in [2.24, 2.45) is 5.10 Å². The molecule has 0 saturated carbocycles. The minimum Gasteiger partial charge on any atom is -0.481 e. The Morgan fingerprint density at radius 2 is 1.91 bits per heavy atom. The van der Waals surface area contributed by atoms with Gasteiger partial charge in [0.2, 0.25) is 0 Å². The van der Waals surface area contributed by atoms with Crippen LogP contribution >= 0.6 is 31.9 Å². The monoisotopic (exact) mass is 563 g/mol. The van der Waals surface area contributed by atoms with E-state index in [4.69, 9.17) is 9.47 Å². The Bertz CT molecular complexity index is 1210. The minimum atomic E-state index is -0.458. The first kappa shape index (κ1) is 24.1. The van der Waals surface area contributed by atoms with Gasteiger partial charge >= 0.3 is 5.97 Å². The van der Waals surface area contributed by atoms with Crippen molar-refractivity contribution in [1.29, 1.82) is 0 Å². The molecule has 0 radical (unpaired) electrons. The average Bonchev–Trinajstić information content (AvgIpc) is 2.77. The smallest absolute Gasteiger partial charge is 0.344 e. The molecule has 0 bridgehead atoms. The highest BCUT2D eigenvalue weighted by Gasteiger charge is 2.12. The predicted octanol–water partition coefficient (Wildman–Crippen LogP) is 5.09. The summed E-state index contributed by atoms with van der Waals surface area (Å²) in [5.74, 6) is 0.581. The number of ether oxygens (including phenoxy) is 2. The van der Waals surface area contributed by atoms with Crippen LogP contribution in [0.25, 0.3) is 10.9 Å². The largest absolute Gasteiger partial charge is 0.481 e. The Morgan fingerprint density at radius 1 is 1.16 bits per heavy atom. The van der Waals surface area contributed by atoms with Crippen LogP contribution in [0.3, 0.4) is 0 Å². The summed E-state index contributed by atoms with van der Waals surface area (Å²) < 4.78 is 13.5. The highest BCUT2D eigenvalue weighted by atomic mass is 79.9. The molecule has 1 heterocycles. The van der Waals surface area contributed by atoms with E-state index in [-0.39, 0.29) is 18.8 Å². The van der Waals surface area contributed by atoms with Crippen LogP contribution in [-0.4, -0.2) is 35.1 Å². The van der Waals surface area contributed by atoms with E-state index < -0.39 is 5.97 Å². The Hall–Kier alpha value is -2.52. The number of halogens is 2. The summed E-state index contributed by atoms with van der Waals surface area (Å²) in [4.78, 5) is 29.6. The van der Waals surface area contributed by atoms with Gasteiger partial charge in [-0.1, -0.05) is 45.2 Å². The number of nitrogens with zero attached hydrogens (tertiary/aromatic N) is 3. The van der Waals surface area contributed by atoms with Gasteiger partial charge in [0.25, 0.3) is 5.56 Å². The molecule has 0 unspecified atom stereocenters. The lowest BCUT2D eigenvalue weighted by Crippen LogP contribution is -2.22. The van der Waals surface area contributed by atoms with Crippen LogP contribution in [0.5, 0.6) is 5.75 Å². The van der Waals surface area contributed by atoms with Crippen LogP contribution in [0.1, 0.15) is 38.1 Å². The van der Waals surface area contributed by atoms with Crippen molar-refractivity contribution in [2.45, 2.75) is 33.1 Å². The molecule has 0 spiro atoms. The van der Waals surface area contributed by atoms with Gasteiger partial charge < -0.3 is 9.47 Å². The predicted molar refractivity (Wildman–Crippen MR) is 132 cm³/mol. The number of fused-ring (bicyclic) bond motifs is 1. The van der Waals surface area contributed by atoms with Gasteiger partial charge in [0.15, 0.2) is 6.61 Å². The van der Waals surface area contributed by atoms with Crippen LogP contribution in [0.2, 0.25) is 0 Å². The molecule has 0 saturated heterocycles. The maximum atomic E-state index is 13.2. The van der Waals surface area contributed by atoms with Crippen molar-refractivity contribution < 1.29 is 14.3 Å². The quantitative estimate of drug-likeness (QED) is 0.267. The molecule has 0 aliphatic carbocycles. The number of hydrogen-bond acceptors (Lipinski definition) is 6. The number of esters is 1. The Morgan fingerprint density at radius 3 is 2.66 bits per heavy atom. The van der Waals surface area contributed by atoms with E-state index in [0.717, 1.165) is 21.8 Å². The Kier molecular flexibility index (Phi) is 8.58. The molecule has 0 N–H and O–H groups in total. The number of aryl methyl sites for hydroxylation is 1. The second kappa shape index (κ2) is 11.4. The molecule has 0 fully saturated rings. The highest BCUT2D eigenvalue weighted by Crippen LogP contribution is 2.22. The minimum absolute atomic E-state index is 0.219. The number of aromatic nitrogens is 2. The third-order valence-corrected chi connectivity index (χ3v) is 5.55. The summed E-state index contributed by atoms with van der Waals surface area (Å²) in [6, 6.07) is 10.7. The fourth-order valence-electron chi connectivity index (χ4n) is 3.02. The van der Waals surface area contributed by atoms with E-state index in [1.165, 1.54) is 10.9 Å². The molecular formula is C23H23Br2N3O4. The normalized spacial score (nSPS) is 11.2. The fourth-order valence-corrected chi connectivity index (χ4v) is 3.76. The van der Waals surface area contributed by atoms with E-state index in [2.05, 4.69) is 48.9 Å². The summed E-state index contributed by atoms with van der Waals surface area (Å²) in [5.41, 5.74) is 0.991. The molecule has 7 nitrogen and oxygen atoms in total. The second-order valence-corrected chi connectivity index (χ2v) is 8.76. The molecule has 0 aliphatic heterocycles. The van der Waals surface area contributed by atoms with E-state index in [0.29, 0.717) is 34.5 Å². The third kappa shape index (κ3) is 6.04. The van der Waals surface area contributed by atoms with Crippen LogP contribution in [0.15, 0.2) is 55.2 Å². The number of carbonyl (C=O) groups excluding carboxylic acids is 1. The van der Waals surface area contributed by atoms with Crippen LogP contribution in [0, 0.1) is 0 Å². The molecule has 3 rings (SSSR count). The van der Waals surface area contributed by atoms with E-state index in [1.54, 1.807) is 31.2 Å². The number of carbonyl (C=O) groups is 1. The van der Waals surface area contributed by atoms with Gasteiger partial charge in [-0.3, -0.25) is 4.79 Å². The highest BCUT2D eigenvalue weighted by molar-refractivity contribution is 9.10. The van der Waals surface area contributed by atoms with Crippen molar-refractivity contribution in [3.63, 3.8) is 0 Å². The number of benzene rings is 2. The Balaban J connectivity index is 2.02. The van der Waals surface area contributed by atoms with Crippen LogP contribution in [-0.2, 0) is 16.0 Å². The maximum absolute atomic E-state index is 13.2. The number of hydrogen-bond donors (Lipinski definition) is 0. The topological polar surface area (TPSA) is 82.8 Å². The second-order valence-electron chi connectivity index (χ2n) is 6.93. The fraction of sp³-hybridized carbons (Fsp3) is 0.304. The lowest BCUT2D eigenvalue weighted by atomic mass is 10.2. The summed E-state index contributed by atoms with van der Waals surface area (Å²) in [5, 5.41) is 4.93. The molecule has 1 aromatic heterocycles. The van der Waals surface area contributed by atoms with E-state index in [1.807, 2.05) is 12.1 Å².